The maximum absolute atomic E-state index is 11.8. The predicted octanol–water partition coefficient (Wildman–Crippen LogP) is 2.16. The molecule has 0 aliphatic rings. The van der Waals surface area contributed by atoms with Gasteiger partial charge in [0.25, 0.3) is 0 Å². The van der Waals surface area contributed by atoms with Crippen molar-refractivity contribution in [1.82, 2.24) is 9.55 Å². The molecule has 2 aromatic rings. The number of imidazole rings is 1. The first kappa shape index (κ1) is 11.4. The van der Waals surface area contributed by atoms with Crippen molar-refractivity contribution in [1.29, 1.82) is 0 Å². The molecule has 17 heavy (non-hydrogen) atoms. The number of rotatable bonds is 4. The molecule has 1 heterocycles. The molecule has 0 unspecified atom stereocenters. The molecule has 1 aromatic heterocycles. The minimum Gasteiger partial charge on any atom is -0.494 e. The summed E-state index contributed by atoms with van der Waals surface area (Å²) in [5.74, 6) is 0.831. The van der Waals surface area contributed by atoms with E-state index in [4.69, 9.17) is 4.74 Å². The molecule has 0 radical (unpaired) electrons. The van der Waals surface area contributed by atoms with Gasteiger partial charge in [0.1, 0.15) is 12.1 Å². The molecule has 2 rings (SSSR count). The van der Waals surface area contributed by atoms with Gasteiger partial charge < -0.3 is 4.74 Å². The van der Waals surface area contributed by atoms with Crippen LogP contribution in [0.4, 0.5) is 0 Å². The Labute approximate surface area is 99.9 Å². The van der Waals surface area contributed by atoms with Crippen molar-refractivity contribution in [2.75, 3.05) is 6.61 Å². The Morgan fingerprint density at radius 1 is 1.35 bits per heavy atom. The third kappa shape index (κ3) is 2.93. The molecule has 0 fully saturated rings. The SMILES string of the molecule is CCOc1ccc(CC(=O)n2ccnc2)cc1. The van der Waals surface area contributed by atoms with Crippen LogP contribution in [0.5, 0.6) is 5.75 Å². The molecular weight excluding hydrogens is 216 g/mol. The highest BCUT2D eigenvalue weighted by Crippen LogP contribution is 2.12. The summed E-state index contributed by atoms with van der Waals surface area (Å²) >= 11 is 0. The zero-order chi connectivity index (χ0) is 12.1. The van der Waals surface area contributed by atoms with Crippen molar-refractivity contribution in [3.8, 4) is 5.75 Å². The Balaban J connectivity index is 2.01. The van der Waals surface area contributed by atoms with E-state index < -0.39 is 0 Å². The standard InChI is InChI=1S/C13H14N2O2/c1-2-17-12-5-3-11(4-6-12)9-13(16)15-8-7-14-10-15/h3-8,10H,2,9H2,1H3. The quantitative estimate of drug-likeness (QED) is 0.808. The van der Waals surface area contributed by atoms with Crippen molar-refractivity contribution in [3.05, 3.63) is 48.5 Å². The van der Waals surface area contributed by atoms with E-state index in [9.17, 15) is 4.79 Å². The van der Waals surface area contributed by atoms with E-state index in [1.165, 1.54) is 10.9 Å². The van der Waals surface area contributed by atoms with Gasteiger partial charge in [-0.15, -0.1) is 0 Å². The summed E-state index contributed by atoms with van der Waals surface area (Å²) in [7, 11) is 0. The zero-order valence-corrected chi connectivity index (χ0v) is 9.67. The number of carbonyl (C=O) groups excluding carboxylic acids is 1. The smallest absolute Gasteiger partial charge is 0.236 e. The van der Waals surface area contributed by atoms with Crippen LogP contribution in [-0.4, -0.2) is 22.1 Å². The minimum atomic E-state index is 0.00617. The van der Waals surface area contributed by atoms with Crippen LogP contribution in [0.3, 0.4) is 0 Å². The predicted molar refractivity (Wildman–Crippen MR) is 64.2 cm³/mol. The third-order valence-corrected chi connectivity index (χ3v) is 2.38. The first-order chi connectivity index (χ1) is 8.29. The molecule has 4 nitrogen and oxygen atoms in total. The lowest BCUT2D eigenvalue weighted by molar-refractivity contribution is 0.0914. The highest BCUT2D eigenvalue weighted by atomic mass is 16.5. The van der Waals surface area contributed by atoms with Crippen molar-refractivity contribution in [2.45, 2.75) is 13.3 Å². The normalized spacial score (nSPS) is 10.2. The molecule has 0 N–H and O–H groups in total. The molecule has 0 aliphatic carbocycles. The van der Waals surface area contributed by atoms with Gasteiger partial charge in [-0.25, -0.2) is 4.98 Å². The second-order valence-electron chi connectivity index (χ2n) is 3.62. The summed E-state index contributed by atoms with van der Waals surface area (Å²) in [6, 6.07) is 7.56. The first-order valence-electron chi connectivity index (χ1n) is 5.52. The average molecular weight is 230 g/mol. The van der Waals surface area contributed by atoms with E-state index in [1.54, 1.807) is 12.4 Å². The van der Waals surface area contributed by atoms with Crippen molar-refractivity contribution >= 4 is 5.91 Å². The van der Waals surface area contributed by atoms with E-state index in [-0.39, 0.29) is 5.91 Å². The van der Waals surface area contributed by atoms with Gasteiger partial charge in [-0.2, -0.15) is 0 Å². The van der Waals surface area contributed by atoms with E-state index in [0.29, 0.717) is 13.0 Å². The van der Waals surface area contributed by atoms with Gasteiger partial charge in [0.15, 0.2) is 0 Å². The van der Waals surface area contributed by atoms with Gasteiger partial charge in [-0.3, -0.25) is 9.36 Å². The minimum absolute atomic E-state index is 0.00617. The molecule has 4 heteroatoms. The zero-order valence-electron chi connectivity index (χ0n) is 9.67. The van der Waals surface area contributed by atoms with Gasteiger partial charge in [0.2, 0.25) is 5.91 Å². The lowest BCUT2D eigenvalue weighted by Crippen LogP contribution is -2.11. The third-order valence-electron chi connectivity index (χ3n) is 2.38. The van der Waals surface area contributed by atoms with E-state index in [1.807, 2.05) is 31.2 Å². The van der Waals surface area contributed by atoms with Crippen LogP contribution < -0.4 is 4.74 Å². The summed E-state index contributed by atoms with van der Waals surface area (Å²) in [5, 5.41) is 0. The Kier molecular flexibility index (Phi) is 3.55. The lowest BCUT2D eigenvalue weighted by Gasteiger charge is -2.04. The molecular formula is C13H14N2O2. The van der Waals surface area contributed by atoms with E-state index >= 15 is 0 Å². The fourth-order valence-corrected chi connectivity index (χ4v) is 1.54. The largest absolute Gasteiger partial charge is 0.494 e. The number of nitrogens with zero attached hydrogens (tertiary/aromatic N) is 2. The van der Waals surface area contributed by atoms with Crippen LogP contribution in [0.15, 0.2) is 43.0 Å². The van der Waals surface area contributed by atoms with Crippen molar-refractivity contribution in [2.24, 2.45) is 0 Å². The Morgan fingerprint density at radius 3 is 2.71 bits per heavy atom. The molecule has 88 valence electrons. The van der Waals surface area contributed by atoms with Gasteiger partial charge >= 0.3 is 0 Å². The molecule has 0 saturated carbocycles. The van der Waals surface area contributed by atoms with Crippen LogP contribution >= 0.6 is 0 Å². The second-order valence-corrected chi connectivity index (χ2v) is 3.62. The first-order valence-corrected chi connectivity index (χ1v) is 5.52. The molecule has 0 bridgehead atoms. The molecule has 1 aromatic carbocycles. The molecule has 0 atom stereocenters. The highest BCUT2D eigenvalue weighted by molar-refractivity contribution is 5.81. The number of hydrogen-bond donors (Lipinski definition) is 0. The number of carbonyl (C=O) groups is 1. The molecule has 0 amide bonds. The molecule has 0 spiro atoms. The number of hydrogen-bond acceptors (Lipinski definition) is 3. The van der Waals surface area contributed by atoms with Crippen LogP contribution in [-0.2, 0) is 6.42 Å². The van der Waals surface area contributed by atoms with Crippen molar-refractivity contribution in [3.63, 3.8) is 0 Å². The molecule has 0 saturated heterocycles. The van der Waals surface area contributed by atoms with Gasteiger partial charge in [0.05, 0.1) is 13.0 Å². The maximum atomic E-state index is 11.8. The summed E-state index contributed by atoms with van der Waals surface area (Å²) in [6.45, 7) is 2.59. The Hall–Kier alpha value is -2.10. The number of aromatic nitrogens is 2. The Morgan fingerprint density at radius 2 is 2.12 bits per heavy atom. The number of ether oxygens (including phenoxy) is 1. The second kappa shape index (κ2) is 5.30. The lowest BCUT2D eigenvalue weighted by atomic mass is 10.1. The average Bonchev–Trinajstić information content (AvgIpc) is 2.86. The monoisotopic (exact) mass is 230 g/mol. The summed E-state index contributed by atoms with van der Waals surface area (Å²) in [5.41, 5.74) is 0.965. The number of benzene rings is 1. The fourth-order valence-electron chi connectivity index (χ4n) is 1.54. The summed E-state index contributed by atoms with van der Waals surface area (Å²) in [6.07, 6.45) is 5.12. The highest BCUT2D eigenvalue weighted by Gasteiger charge is 2.05. The summed E-state index contributed by atoms with van der Waals surface area (Å²) < 4.78 is 6.82. The topological polar surface area (TPSA) is 44.1 Å². The van der Waals surface area contributed by atoms with E-state index in [2.05, 4.69) is 4.98 Å². The van der Waals surface area contributed by atoms with Crippen LogP contribution in [0, 0.1) is 0 Å². The van der Waals surface area contributed by atoms with Gasteiger partial charge in [-0.1, -0.05) is 12.1 Å². The fraction of sp³-hybridized carbons (Fsp3) is 0.231. The Bertz CT molecular complexity index is 475. The van der Waals surface area contributed by atoms with Crippen LogP contribution in [0.25, 0.3) is 0 Å². The van der Waals surface area contributed by atoms with Crippen LogP contribution in [0.1, 0.15) is 17.3 Å². The van der Waals surface area contributed by atoms with Crippen molar-refractivity contribution < 1.29 is 9.53 Å². The van der Waals surface area contributed by atoms with Gasteiger partial charge in [0, 0.05) is 12.4 Å². The van der Waals surface area contributed by atoms with Gasteiger partial charge in [-0.05, 0) is 24.6 Å². The summed E-state index contributed by atoms with van der Waals surface area (Å²) in [4.78, 5) is 15.6. The van der Waals surface area contributed by atoms with E-state index in [0.717, 1.165) is 11.3 Å². The maximum Gasteiger partial charge on any atom is 0.236 e. The molecule has 0 aliphatic heterocycles. The van der Waals surface area contributed by atoms with Crippen LogP contribution in [0.2, 0.25) is 0 Å².